The number of hydrogen-bond acceptors (Lipinski definition) is 6. The number of aromatic nitrogens is 4. The molecule has 0 spiro atoms. The van der Waals surface area contributed by atoms with Crippen LogP contribution in [0.5, 0.6) is 0 Å². The summed E-state index contributed by atoms with van der Waals surface area (Å²) >= 11 is 1.68. The number of nitrogens with one attached hydrogen (secondary N) is 1. The molecule has 31 heavy (non-hydrogen) atoms. The van der Waals surface area contributed by atoms with Crippen molar-refractivity contribution in [3.8, 4) is 0 Å². The van der Waals surface area contributed by atoms with E-state index in [-0.39, 0.29) is 17.2 Å². The Hall–Kier alpha value is -1.65. The lowest BCUT2D eigenvalue weighted by atomic mass is 9.87. The molecule has 2 unspecified atom stereocenters. The quantitative estimate of drug-likeness (QED) is 0.438. The first-order chi connectivity index (χ1) is 14.3. The van der Waals surface area contributed by atoms with Crippen molar-refractivity contribution in [1.82, 2.24) is 25.1 Å². The summed E-state index contributed by atoms with van der Waals surface area (Å²) in [5.74, 6) is 2.46. The molecule has 1 aliphatic rings. The Kier molecular flexibility index (Phi) is 7.02. The molecular formula is C21H30F3N5OS. The average molecular weight is 458 g/mol. The van der Waals surface area contributed by atoms with Crippen LogP contribution in [0.4, 0.5) is 13.2 Å². The van der Waals surface area contributed by atoms with Crippen LogP contribution in [-0.2, 0) is 13.2 Å². The number of nitrogens with zero attached hydrogens (tertiary/aromatic N) is 4. The van der Waals surface area contributed by atoms with Crippen molar-refractivity contribution in [1.29, 1.82) is 0 Å². The minimum atomic E-state index is -4.52. The van der Waals surface area contributed by atoms with Crippen LogP contribution < -0.4 is 5.32 Å². The lowest BCUT2D eigenvalue weighted by Crippen LogP contribution is -2.32. The van der Waals surface area contributed by atoms with Crippen LogP contribution in [0, 0.1) is 18.3 Å². The van der Waals surface area contributed by atoms with Gasteiger partial charge in [-0.05, 0) is 43.6 Å². The van der Waals surface area contributed by atoms with E-state index in [9.17, 15) is 18.3 Å². The minimum absolute atomic E-state index is 0.0852. The Labute approximate surface area is 185 Å². The third-order valence-corrected chi connectivity index (χ3v) is 6.46. The molecule has 0 aliphatic heterocycles. The van der Waals surface area contributed by atoms with Gasteiger partial charge in [0.15, 0.2) is 11.0 Å². The van der Waals surface area contributed by atoms with Crippen molar-refractivity contribution in [2.75, 3.05) is 5.75 Å². The molecule has 0 aromatic carbocycles. The van der Waals surface area contributed by atoms with Crippen molar-refractivity contribution in [2.45, 2.75) is 70.6 Å². The molecule has 172 valence electrons. The number of pyridine rings is 1. The van der Waals surface area contributed by atoms with Gasteiger partial charge in [-0.15, -0.1) is 10.2 Å². The number of thioether (sulfide) groups is 1. The van der Waals surface area contributed by atoms with Crippen LogP contribution in [0.3, 0.4) is 0 Å². The summed E-state index contributed by atoms with van der Waals surface area (Å²) in [4.78, 5) is 3.63. The largest absolute Gasteiger partial charge is 0.433 e. The van der Waals surface area contributed by atoms with Crippen LogP contribution in [0.25, 0.3) is 0 Å². The molecule has 2 heterocycles. The molecule has 2 N–H and O–H groups in total. The van der Waals surface area contributed by atoms with Crippen molar-refractivity contribution >= 4 is 11.8 Å². The number of aliphatic hydroxyl groups is 1. The molecule has 0 radical (unpaired) electrons. The fraction of sp³-hybridized carbons (Fsp3) is 0.667. The molecule has 10 heteroatoms. The number of alkyl halides is 3. The first-order valence-corrected chi connectivity index (χ1v) is 11.3. The van der Waals surface area contributed by atoms with Gasteiger partial charge < -0.3 is 9.67 Å². The second kappa shape index (κ2) is 9.07. The molecule has 1 fully saturated rings. The Morgan fingerprint density at radius 1 is 1.23 bits per heavy atom. The molecule has 2 atom stereocenters. The zero-order valence-electron chi connectivity index (χ0n) is 18.5. The van der Waals surface area contributed by atoms with Crippen LogP contribution in [-0.4, -0.2) is 30.6 Å². The van der Waals surface area contributed by atoms with E-state index in [1.807, 2.05) is 11.6 Å². The van der Waals surface area contributed by atoms with Crippen molar-refractivity contribution in [3.63, 3.8) is 0 Å². The summed E-state index contributed by atoms with van der Waals surface area (Å²) in [6.07, 6.45) is -2.54. The molecule has 2 aromatic rings. The van der Waals surface area contributed by atoms with Gasteiger partial charge in [0, 0.05) is 24.1 Å². The first kappa shape index (κ1) is 24.0. The standard InChI is InChI=1S/C21H30F3N5OS/c1-12-14(8-9-16(25-12)21(22,23)24)18(30)26-15(10-20(2,3)4)17-27-28-19(29(17)5)31-11-13-6-7-13/h8-9,13,15,18,26,30H,6-7,10-11H2,1-5H3. The number of aliphatic hydroxyl groups excluding tert-OH is 1. The normalized spacial score (nSPS) is 17.1. The maximum atomic E-state index is 12.9. The van der Waals surface area contributed by atoms with E-state index >= 15 is 0 Å². The molecule has 0 bridgehead atoms. The van der Waals surface area contributed by atoms with Crippen molar-refractivity contribution in [2.24, 2.45) is 18.4 Å². The smallest absolute Gasteiger partial charge is 0.374 e. The Morgan fingerprint density at radius 2 is 1.90 bits per heavy atom. The third kappa shape index (κ3) is 6.43. The molecule has 0 saturated heterocycles. The topological polar surface area (TPSA) is 75.9 Å². The summed E-state index contributed by atoms with van der Waals surface area (Å²) in [5, 5.41) is 23.5. The molecular weight excluding hydrogens is 427 g/mol. The molecule has 3 rings (SSSR count). The SMILES string of the molecule is Cc1nc(C(F)(F)F)ccc1C(O)NC(CC(C)(C)C)c1nnc(SCC2CC2)n1C. The van der Waals surface area contributed by atoms with Gasteiger partial charge in [-0.2, -0.15) is 13.2 Å². The maximum absolute atomic E-state index is 12.9. The Morgan fingerprint density at radius 3 is 2.45 bits per heavy atom. The molecule has 1 saturated carbocycles. The summed E-state index contributed by atoms with van der Waals surface area (Å²) in [5.41, 5.74) is -0.629. The van der Waals surface area contributed by atoms with E-state index in [1.54, 1.807) is 11.8 Å². The zero-order valence-corrected chi connectivity index (χ0v) is 19.3. The average Bonchev–Trinajstić information content (AvgIpc) is 3.39. The molecule has 2 aromatic heterocycles. The number of aryl methyl sites for hydroxylation is 1. The van der Waals surface area contributed by atoms with Crippen LogP contribution in [0.15, 0.2) is 17.3 Å². The summed E-state index contributed by atoms with van der Waals surface area (Å²) in [7, 11) is 1.90. The van der Waals surface area contributed by atoms with Gasteiger partial charge in [-0.3, -0.25) is 5.32 Å². The highest BCUT2D eigenvalue weighted by Gasteiger charge is 2.34. The lowest BCUT2D eigenvalue weighted by molar-refractivity contribution is -0.141. The van der Waals surface area contributed by atoms with E-state index in [0.717, 1.165) is 22.9 Å². The van der Waals surface area contributed by atoms with Gasteiger partial charge in [-0.25, -0.2) is 4.98 Å². The van der Waals surface area contributed by atoms with Crippen molar-refractivity contribution in [3.05, 3.63) is 34.9 Å². The number of halogens is 3. The van der Waals surface area contributed by atoms with E-state index in [4.69, 9.17) is 0 Å². The fourth-order valence-corrected chi connectivity index (χ4v) is 4.47. The van der Waals surface area contributed by atoms with Gasteiger partial charge >= 0.3 is 6.18 Å². The fourth-order valence-electron chi connectivity index (χ4n) is 3.37. The number of hydrogen-bond donors (Lipinski definition) is 2. The first-order valence-electron chi connectivity index (χ1n) is 10.4. The lowest BCUT2D eigenvalue weighted by Gasteiger charge is -2.29. The summed E-state index contributed by atoms with van der Waals surface area (Å²) in [6.45, 7) is 7.71. The monoisotopic (exact) mass is 457 g/mol. The highest BCUT2D eigenvalue weighted by molar-refractivity contribution is 7.99. The van der Waals surface area contributed by atoms with E-state index in [2.05, 4.69) is 41.3 Å². The Bertz CT molecular complexity index is 905. The van der Waals surface area contributed by atoms with E-state index in [1.165, 1.54) is 25.8 Å². The van der Waals surface area contributed by atoms with Crippen LogP contribution in [0.2, 0.25) is 0 Å². The third-order valence-electron chi connectivity index (χ3n) is 5.21. The zero-order chi connectivity index (χ0) is 23.0. The maximum Gasteiger partial charge on any atom is 0.433 e. The van der Waals surface area contributed by atoms with Gasteiger partial charge in [-0.1, -0.05) is 38.6 Å². The van der Waals surface area contributed by atoms with E-state index < -0.39 is 18.1 Å². The highest BCUT2D eigenvalue weighted by atomic mass is 32.2. The molecule has 1 aliphatic carbocycles. The van der Waals surface area contributed by atoms with Gasteiger partial charge in [0.2, 0.25) is 0 Å². The van der Waals surface area contributed by atoms with Crippen LogP contribution in [0.1, 0.15) is 75.1 Å². The van der Waals surface area contributed by atoms with Gasteiger partial charge in [0.05, 0.1) is 6.04 Å². The van der Waals surface area contributed by atoms with Gasteiger partial charge in [0.25, 0.3) is 0 Å². The Balaban J connectivity index is 1.81. The van der Waals surface area contributed by atoms with E-state index in [0.29, 0.717) is 17.8 Å². The second-order valence-corrected chi connectivity index (χ2v) is 10.4. The number of rotatable bonds is 8. The summed E-state index contributed by atoms with van der Waals surface area (Å²) in [6, 6.07) is 1.82. The summed E-state index contributed by atoms with van der Waals surface area (Å²) < 4.78 is 40.7. The highest BCUT2D eigenvalue weighted by Crippen LogP contribution is 2.36. The minimum Gasteiger partial charge on any atom is -0.374 e. The van der Waals surface area contributed by atoms with Crippen molar-refractivity contribution < 1.29 is 18.3 Å². The predicted octanol–water partition coefficient (Wildman–Crippen LogP) is 4.80. The predicted molar refractivity (Wildman–Crippen MR) is 113 cm³/mol. The van der Waals surface area contributed by atoms with Gasteiger partial charge in [0.1, 0.15) is 11.9 Å². The molecule has 6 nitrogen and oxygen atoms in total. The van der Waals surface area contributed by atoms with Crippen LogP contribution >= 0.6 is 11.8 Å². The molecule has 0 amide bonds. The second-order valence-electron chi connectivity index (χ2n) is 9.41.